The van der Waals surface area contributed by atoms with E-state index in [1.165, 1.54) is 32.6 Å². The van der Waals surface area contributed by atoms with Crippen LogP contribution in [0.3, 0.4) is 0 Å². The minimum absolute atomic E-state index is 0.222. The Labute approximate surface area is 109 Å². The zero-order valence-corrected chi connectivity index (χ0v) is 11.5. The van der Waals surface area contributed by atoms with E-state index < -0.39 is 11.9 Å². The largest absolute Gasteiger partial charge is 0.481 e. The fraction of sp³-hybridized carbons (Fsp3) is 0.615. The third-order valence-electron chi connectivity index (χ3n) is 1.64. The van der Waals surface area contributed by atoms with Crippen molar-refractivity contribution in [1.82, 2.24) is 0 Å². The summed E-state index contributed by atoms with van der Waals surface area (Å²) in [6, 6.07) is 0. The first-order valence-corrected chi connectivity index (χ1v) is 5.94. The summed E-state index contributed by atoms with van der Waals surface area (Å²) in [7, 11) is 0. The number of rotatable bonds is 6. The van der Waals surface area contributed by atoms with Gasteiger partial charge in [-0.25, -0.2) is 4.79 Å². The van der Waals surface area contributed by atoms with Gasteiger partial charge in [0.2, 0.25) is 0 Å². The molecule has 0 bridgehead atoms. The molecular formula is C13H25NO4. The summed E-state index contributed by atoms with van der Waals surface area (Å²) < 4.78 is 0. The molecule has 0 amide bonds. The number of carboxylic acid groups (broad SMARTS) is 2. The van der Waals surface area contributed by atoms with Crippen molar-refractivity contribution >= 4 is 17.7 Å². The van der Waals surface area contributed by atoms with Crippen LogP contribution >= 0.6 is 0 Å². The molecule has 0 rings (SSSR count). The van der Waals surface area contributed by atoms with Crippen LogP contribution in [0, 0.1) is 5.41 Å². The molecule has 0 saturated heterocycles. The van der Waals surface area contributed by atoms with E-state index in [0.717, 1.165) is 0 Å². The third kappa shape index (κ3) is 36.7. The number of carboxylic acids is 2. The monoisotopic (exact) mass is 259 g/mol. The quantitative estimate of drug-likeness (QED) is 0.387. The van der Waals surface area contributed by atoms with Crippen LogP contribution in [0.25, 0.3) is 0 Å². The highest BCUT2D eigenvalue weighted by atomic mass is 16.4. The zero-order valence-electron chi connectivity index (χ0n) is 11.5. The molecule has 0 aliphatic carbocycles. The van der Waals surface area contributed by atoms with Gasteiger partial charge in [-0.3, -0.25) is 10.2 Å². The fourth-order valence-corrected chi connectivity index (χ4v) is 0.539. The molecule has 0 aromatic carbocycles. The Kier molecular flexibility index (Phi) is 21.3. The molecule has 106 valence electrons. The number of hydrogen-bond acceptors (Lipinski definition) is 3. The van der Waals surface area contributed by atoms with Crippen molar-refractivity contribution in [3.05, 3.63) is 12.7 Å². The van der Waals surface area contributed by atoms with Gasteiger partial charge in [-0.1, -0.05) is 32.8 Å². The lowest BCUT2D eigenvalue weighted by Crippen LogP contribution is -2.04. The van der Waals surface area contributed by atoms with Crippen molar-refractivity contribution in [2.45, 2.75) is 52.9 Å². The average molecular weight is 259 g/mol. The van der Waals surface area contributed by atoms with E-state index in [1.807, 2.05) is 6.08 Å². The molecule has 0 spiro atoms. The Morgan fingerprint density at radius 1 is 1.22 bits per heavy atom. The molecule has 5 nitrogen and oxygen atoms in total. The van der Waals surface area contributed by atoms with Crippen molar-refractivity contribution in [3.8, 4) is 0 Å². The highest BCUT2D eigenvalue weighted by Gasteiger charge is 1.93. The molecule has 0 aromatic rings. The van der Waals surface area contributed by atoms with Crippen LogP contribution in [0.5, 0.6) is 0 Å². The SMILES string of the molecule is C=CCCCCC.CC(=N)C(=O)O.CCC(=O)O. The van der Waals surface area contributed by atoms with Crippen LogP contribution in [-0.4, -0.2) is 27.9 Å². The van der Waals surface area contributed by atoms with Crippen molar-refractivity contribution in [2.24, 2.45) is 0 Å². The molecule has 0 atom stereocenters. The first-order chi connectivity index (χ1) is 8.33. The Morgan fingerprint density at radius 2 is 1.61 bits per heavy atom. The Bertz CT molecular complexity index is 237. The van der Waals surface area contributed by atoms with Crippen LogP contribution < -0.4 is 0 Å². The lowest BCUT2D eigenvalue weighted by Gasteiger charge is -1.87. The van der Waals surface area contributed by atoms with Crippen molar-refractivity contribution in [3.63, 3.8) is 0 Å². The highest BCUT2D eigenvalue weighted by Crippen LogP contribution is 1.97. The highest BCUT2D eigenvalue weighted by molar-refractivity contribution is 6.33. The third-order valence-corrected chi connectivity index (χ3v) is 1.64. The van der Waals surface area contributed by atoms with Crippen LogP contribution in [0.4, 0.5) is 0 Å². The van der Waals surface area contributed by atoms with Gasteiger partial charge in [0.15, 0.2) is 0 Å². The van der Waals surface area contributed by atoms with Gasteiger partial charge >= 0.3 is 11.9 Å². The van der Waals surface area contributed by atoms with Crippen LogP contribution in [-0.2, 0) is 9.59 Å². The maximum Gasteiger partial charge on any atom is 0.349 e. The second-order valence-corrected chi connectivity index (χ2v) is 3.46. The summed E-state index contributed by atoms with van der Waals surface area (Å²) in [5.74, 6) is -1.90. The first kappa shape index (κ1) is 21.6. The summed E-state index contributed by atoms with van der Waals surface area (Å²) >= 11 is 0. The molecule has 0 unspecified atom stereocenters. The Morgan fingerprint density at radius 3 is 1.78 bits per heavy atom. The van der Waals surface area contributed by atoms with E-state index >= 15 is 0 Å². The van der Waals surface area contributed by atoms with Gasteiger partial charge in [-0.15, -0.1) is 6.58 Å². The second-order valence-electron chi connectivity index (χ2n) is 3.46. The number of allylic oxidation sites excluding steroid dienone is 1. The topological polar surface area (TPSA) is 98.5 Å². The van der Waals surface area contributed by atoms with E-state index in [-0.39, 0.29) is 12.1 Å². The van der Waals surface area contributed by atoms with E-state index in [4.69, 9.17) is 15.6 Å². The standard InChI is InChI=1S/C7H14.C3H5NO2.C3H6O2/c1-3-5-7-6-4-2;1-2(4)3(5)6;1-2-3(4)5/h3H,1,4-7H2,2H3;4H,1H3,(H,5,6);2H2,1H3,(H,4,5). The van der Waals surface area contributed by atoms with Gasteiger partial charge < -0.3 is 10.2 Å². The fourth-order valence-electron chi connectivity index (χ4n) is 0.539. The maximum absolute atomic E-state index is 9.47. The molecule has 0 radical (unpaired) electrons. The van der Waals surface area contributed by atoms with Crippen molar-refractivity contribution in [1.29, 1.82) is 5.41 Å². The van der Waals surface area contributed by atoms with Gasteiger partial charge in [0.1, 0.15) is 5.71 Å². The minimum atomic E-state index is -1.16. The number of carbonyl (C=O) groups is 2. The zero-order chi connectivity index (χ0) is 15.0. The first-order valence-electron chi connectivity index (χ1n) is 5.94. The van der Waals surface area contributed by atoms with Crippen molar-refractivity contribution in [2.75, 3.05) is 0 Å². The molecule has 5 heteroatoms. The Hall–Kier alpha value is -1.65. The molecule has 3 N–H and O–H groups in total. The predicted molar refractivity (Wildman–Crippen MR) is 73.3 cm³/mol. The van der Waals surface area contributed by atoms with E-state index in [2.05, 4.69) is 13.5 Å². The average Bonchev–Trinajstić information content (AvgIpc) is 2.31. The summed E-state index contributed by atoms with van der Waals surface area (Å²) in [5.41, 5.74) is -0.324. The number of unbranched alkanes of at least 4 members (excludes halogenated alkanes) is 3. The number of hydrogen-bond donors (Lipinski definition) is 3. The summed E-state index contributed by atoms with van der Waals surface area (Å²) in [6.07, 6.45) is 7.38. The Balaban J connectivity index is -0.000000190. The molecule has 0 fully saturated rings. The minimum Gasteiger partial charge on any atom is -0.481 e. The molecule has 0 aliphatic heterocycles. The molecule has 0 heterocycles. The normalized spacial score (nSPS) is 7.94. The predicted octanol–water partition coefficient (Wildman–Crippen LogP) is 3.34. The van der Waals surface area contributed by atoms with Gasteiger partial charge in [0.25, 0.3) is 0 Å². The molecule has 0 saturated carbocycles. The van der Waals surface area contributed by atoms with E-state index in [0.29, 0.717) is 0 Å². The lowest BCUT2D eigenvalue weighted by molar-refractivity contribution is -0.136. The summed E-state index contributed by atoms with van der Waals surface area (Å²) in [4.78, 5) is 18.8. The molecular weight excluding hydrogens is 234 g/mol. The summed E-state index contributed by atoms with van der Waals surface area (Å²) in [5, 5.41) is 21.8. The second kappa shape index (κ2) is 17.7. The molecule has 0 aromatic heterocycles. The molecule has 0 aliphatic rings. The van der Waals surface area contributed by atoms with Gasteiger partial charge in [0, 0.05) is 6.42 Å². The number of nitrogens with one attached hydrogen (secondary N) is 1. The summed E-state index contributed by atoms with van der Waals surface area (Å²) in [6.45, 7) is 8.67. The maximum atomic E-state index is 9.47. The van der Waals surface area contributed by atoms with Crippen LogP contribution in [0.2, 0.25) is 0 Å². The molecule has 18 heavy (non-hydrogen) atoms. The van der Waals surface area contributed by atoms with E-state index in [9.17, 15) is 9.59 Å². The number of aliphatic carboxylic acids is 2. The van der Waals surface area contributed by atoms with Gasteiger partial charge in [0.05, 0.1) is 0 Å². The smallest absolute Gasteiger partial charge is 0.349 e. The van der Waals surface area contributed by atoms with E-state index in [1.54, 1.807) is 6.92 Å². The van der Waals surface area contributed by atoms with Gasteiger partial charge in [-0.2, -0.15) is 0 Å². The van der Waals surface area contributed by atoms with Crippen molar-refractivity contribution < 1.29 is 19.8 Å². The van der Waals surface area contributed by atoms with Crippen LogP contribution in [0.1, 0.15) is 52.9 Å². The lowest BCUT2D eigenvalue weighted by atomic mass is 10.2. The van der Waals surface area contributed by atoms with Crippen LogP contribution in [0.15, 0.2) is 12.7 Å². The van der Waals surface area contributed by atoms with Gasteiger partial charge in [-0.05, 0) is 19.8 Å².